The van der Waals surface area contributed by atoms with Crippen molar-refractivity contribution in [2.24, 2.45) is 0 Å². The summed E-state index contributed by atoms with van der Waals surface area (Å²) in [6, 6.07) is 8.08. The molecular formula is C21H23N5O5. The molecule has 0 amide bonds. The number of benzene rings is 1. The Labute approximate surface area is 178 Å². The lowest BCUT2D eigenvalue weighted by Crippen LogP contribution is -2.37. The summed E-state index contributed by atoms with van der Waals surface area (Å²) in [6.45, 7) is 3.31. The van der Waals surface area contributed by atoms with Gasteiger partial charge in [0.05, 0.1) is 25.5 Å². The van der Waals surface area contributed by atoms with Crippen molar-refractivity contribution in [1.82, 2.24) is 15.0 Å². The summed E-state index contributed by atoms with van der Waals surface area (Å²) in [4.78, 5) is 27.5. The fraction of sp³-hybridized carbons (Fsp3) is 0.333. The van der Waals surface area contributed by atoms with Crippen molar-refractivity contribution in [3.05, 3.63) is 36.0 Å². The van der Waals surface area contributed by atoms with Crippen molar-refractivity contribution in [1.29, 1.82) is 0 Å². The number of carbonyl (C=O) groups is 1. The van der Waals surface area contributed by atoms with Gasteiger partial charge in [0.1, 0.15) is 22.5 Å². The zero-order valence-corrected chi connectivity index (χ0v) is 17.0. The molecule has 0 radical (unpaired) electrons. The molecule has 10 nitrogen and oxygen atoms in total. The molecule has 0 atom stereocenters. The molecule has 0 aliphatic carbocycles. The number of hydrogen-bond donors (Lipinski definition) is 3. The topological polar surface area (TPSA) is 130 Å². The average molecular weight is 425 g/mol. The van der Waals surface area contributed by atoms with E-state index in [1.165, 1.54) is 6.07 Å². The number of phenols is 1. The molecule has 0 saturated carbocycles. The number of nitrogens with zero attached hydrogens (tertiary/aromatic N) is 4. The Kier molecular flexibility index (Phi) is 6.10. The Balaban J connectivity index is 1.95. The van der Waals surface area contributed by atoms with Crippen LogP contribution in [0.5, 0.6) is 5.75 Å². The van der Waals surface area contributed by atoms with Gasteiger partial charge in [-0.1, -0.05) is 12.1 Å². The highest BCUT2D eigenvalue weighted by molar-refractivity contribution is 6.00. The number of carboxylic acid groups (broad SMARTS) is 1. The van der Waals surface area contributed by atoms with E-state index in [4.69, 9.17) is 19.4 Å². The van der Waals surface area contributed by atoms with Gasteiger partial charge in [0.25, 0.3) is 0 Å². The van der Waals surface area contributed by atoms with Crippen LogP contribution in [0.15, 0.2) is 30.3 Å². The molecule has 3 heterocycles. The maximum Gasteiger partial charge on any atom is 0.354 e. The summed E-state index contributed by atoms with van der Waals surface area (Å²) < 4.78 is 10.5. The predicted molar refractivity (Wildman–Crippen MR) is 115 cm³/mol. The van der Waals surface area contributed by atoms with Crippen LogP contribution >= 0.6 is 0 Å². The van der Waals surface area contributed by atoms with Gasteiger partial charge in [0.15, 0.2) is 5.69 Å². The number of carboxylic acids is 1. The van der Waals surface area contributed by atoms with Crippen LogP contribution in [0, 0.1) is 0 Å². The molecule has 0 unspecified atom stereocenters. The fourth-order valence-corrected chi connectivity index (χ4v) is 3.39. The number of phenolic OH excluding ortho intramolecular Hbond substituents is 1. The summed E-state index contributed by atoms with van der Waals surface area (Å²) in [5.74, 6) is -0.588. The monoisotopic (exact) mass is 425 g/mol. The number of aromatic nitrogens is 3. The number of methoxy groups -OCH3 is 1. The minimum Gasteiger partial charge on any atom is -0.508 e. The van der Waals surface area contributed by atoms with E-state index in [0.717, 1.165) is 0 Å². The molecule has 1 fully saturated rings. The molecule has 1 saturated heterocycles. The summed E-state index contributed by atoms with van der Waals surface area (Å²) in [7, 11) is 1.59. The minimum absolute atomic E-state index is 0.0741. The lowest BCUT2D eigenvalue weighted by atomic mass is 10.1. The zero-order valence-electron chi connectivity index (χ0n) is 17.0. The van der Waals surface area contributed by atoms with Crippen molar-refractivity contribution in [2.75, 3.05) is 56.8 Å². The largest absolute Gasteiger partial charge is 0.508 e. The lowest BCUT2D eigenvalue weighted by Gasteiger charge is -2.27. The molecule has 1 aliphatic heterocycles. The smallest absolute Gasteiger partial charge is 0.354 e. The molecule has 3 aromatic rings. The van der Waals surface area contributed by atoms with Gasteiger partial charge in [0.2, 0.25) is 5.95 Å². The maximum atomic E-state index is 11.7. The molecule has 10 heteroatoms. The minimum atomic E-state index is -1.16. The van der Waals surface area contributed by atoms with E-state index in [0.29, 0.717) is 73.4 Å². The van der Waals surface area contributed by atoms with Crippen LogP contribution < -0.4 is 10.2 Å². The van der Waals surface area contributed by atoms with E-state index in [1.54, 1.807) is 31.4 Å². The summed E-state index contributed by atoms with van der Waals surface area (Å²) in [5.41, 5.74) is 2.28. The van der Waals surface area contributed by atoms with Crippen LogP contribution in [-0.4, -0.2) is 77.7 Å². The van der Waals surface area contributed by atoms with Crippen LogP contribution in [0.1, 0.15) is 10.5 Å². The van der Waals surface area contributed by atoms with Crippen molar-refractivity contribution in [3.63, 3.8) is 0 Å². The normalized spacial score (nSPS) is 14.0. The van der Waals surface area contributed by atoms with Gasteiger partial charge in [-0.05, 0) is 18.2 Å². The molecule has 0 spiro atoms. The number of fused-ring (bicyclic) bond motifs is 1. The Morgan fingerprint density at radius 3 is 2.71 bits per heavy atom. The van der Waals surface area contributed by atoms with E-state index < -0.39 is 5.97 Å². The highest BCUT2D eigenvalue weighted by atomic mass is 16.5. The second-order valence-corrected chi connectivity index (χ2v) is 7.00. The zero-order chi connectivity index (χ0) is 21.8. The molecule has 1 aliphatic rings. The highest BCUT2D eigenvalue weighted by Gasteiger charge is 2.22. The SMILES string of the molecule is COCCNc1cc(C(=O)O)nc2c(-c3cccc(O)c3)nc(N3CCOCC3)nc12. The van der Waals surface area contributed by atoms with Gasteiger partial charge in [0, 0.05) is 32.3 Å². The van der Waals surface area contributed by atoms with Gasteiger partial charge in [-0.2, -0.15) is 0 Å². The number of aromatic carboxylic acids is 1. The highest BCUT2D eigenvalue weighted by Crippen LogP contribution is 2.33. The number of ether oxygens (including phenoxy) is 2. The predicted octanol–water partition coefficient (Wildman–Crippen LogP) is 1.99. The molecule has 4 rings (SSSR count). The first-order chi connectivity index (χ1) is 15.1. The number of pyridine rings is 1. The van der Waals surface area contributed by atoms with Crippen LogP contribution in [0.2, 0.25) is 0 Å². The molecule has 1 aromatic carbocycles. The van der Waals surface area contributed by atoms with Crippen molar-refractivity contribution in [2.45, 2.75) is 0 Å². The Morgan fingerprint density at radius 1 is 1.19 bits per heavy atom. The first kappa shape index (κ1) is 20.8. The van der Waals surface area contributed by atoms with E-state index in [9.17, 15) is 15.0 Å². The van der Waals surface area contributed by atoms with E-state index in [1.807, 2.05) is 4.90 Å². The van der Waals surface area contributed by atoms with Gasteiger partial charge >= 0.3 is 5.97 Å². The Hall–Kier alpha value is -3.50. The number of anilines is 2. The van der Waals surface area contributed by atoms with Gasteiger partial charge < -0.3 is 29.9 Å². The number of morpholine rings is 1. The first-order valence-corrected chi connectivity index (χ1v) is 9.88. The lowest BCUT2D eigenvalue weighted by molar-refractivity contribution is 0.0691. The van der Waals surface area contributed by atoms with E-state index >= 15 is 0 Å². The second kappa shape index (κ2) is 9.11. The van der Waals surface area contributed by atoms with Crippen LogP contribution in [0.4, 0.5) is 11.6 Å². The summed E-state index contributed by atoms with van der Waals surface area (Å²) >= 11 is 0. The van der Waals surface area contributed by atoms with Crippen molar-refractivity contribution >= 4 is 28.6 Å². The van der Waals surface area contributed by atoms with E-state index in [-0.39, 0.29) is 11.4 Å². The van der Waals surface area contributed by atoms with Gasteiger partial charge in [-0.25, -0.2) is 19.7 Å². The van der Waals surface area contributed by atoms with Gasteiger partial charge in [-0.15, -0.1) is 0 Å². The van der Waals surface area contributed by atoms with Crippen molar-refractivity contribution in [3.8, 4) is 17.0 Å². The fourth-order valence-electron chi connectivity index (χ4n) is 3.39. The van der Waals surface area contributed by atoms with Crippen LogP contribution in [-0.2, 0) is 9.47 Å². The second-order valence-electron chi connectivity index (χ2n) is 7.00. The third kappa shape index (κ3) is 4.49. The quantitative estimate of drug-likeness (QED) is 0.483. The van der Waals surface area contributed by atoms with E-state index in [2.05, 4.69) is 10.3 Å². The number of rotatable bonds is 7. The maximum absolute atomic E-state index is 11.7. The molecule has 31 heavy (non-hydrogen) atoms. The van der Waals surface area contributed by atoms with Crippen molar-refractivity contribution < 1.29 is 24.5 Å². The third-order valence-electron chi connectivity index (χ3n) is 4.89. The number of nitrogens with one attached hydrogen (secondary N) is 1. The van der Waals surface area contributed by atoms with Gasteiger partial charge in [-0.3, -0.25) is 0 Å². The summed E-state index contributed by atoms with van der Waals surface area (Å²) in [5, 5.41) is 22.8. The molecule has 162 valence electrons. The molecule has 2 aromatic heterocycles. The Bertz CT molecular complexity index is 1100. The number of hydrogen-bond acceptors (Lipinski definition) is 9. The standard InChI is InChI=1S/C21H23N5O5/c1-30-8-5-22-15-12-16(20(28)29)23-19-17(13-3-2-4-14(27)11-13)24-21(25-18(15)19)26-6-9-31-10-7-26/h2-4,11-12,27H,5-10H2,1H3,(H,22,23)(H,28,29). The number of aromatic hydroxyl groups is 1. The first-order valence-electron chi connectivity index (χ1n) is 9.88. The third-order valence-corrected chi connectivity index (χ3v) is 4.89. The average Bonchev–Trinajstić information content (AvgIpc) is 2.79. The Morgan fingerprint density at radius 2 is 2.00 bits per heavy atom. The summed E-state index contributed by atoms with van der Waals surface area (Å²) in [6.07, 6.45) is 0. The van der Waals surface area contributed by atoms with Crippen LogP contribution in [0.25, 0.3) is 22.3 Å². The molecule has 3 N–H and O–H groups in total. The molecular weight excluding hydrogens is 402 g/mol. The molecule has 0 bridgehead atoms. The van der Waals surface area contributed by atoms with Crippen LogP contribution in [0.3, 0.4) is 0 Å².